The predicted molar refractivity (Wildman–Crippen MR) is 68.8 cm³/mol. The van der Waals surface area contributed by atoms with E-state index in [1.54, 1.807) is 7.11 Å². The summed E-state index contributed by atoms with van der Waals surface area (Å²) in [6, 6.07) is 2.68. The SMILES string of the molecule is COCCOCCCCC(C)(C#N)NC(C)C. The van der Waals surface area contributed by atoms with Gasteiger partial charge in [0.25, 0.3) is 0 Å². The fraction of sp³-hybridized carbons (Fsp3) is 0.923. The minimum atomic E-state index is -0.416. The highest BCUT2D eigenvalue weighted by molar-refractivity contribution is 5.04. The highest BCUT2D eigenvalue weighted by Gasteiger charge is 2.23. The Hall–Kier alpha value is -0.630. The van der Waals surface area contributed by atoms with E-state index >= 15 is 0 Å². The molecule has 0 saturated carbocycles. The number of nitriles is 1. The summed E-state index contributed by atoms with van der Waals surface area (Å²) >= 11 is 0. The molecule has 0 aliphatic carbocycles. The normalized spacial score (nSPS) is 14.6. The summed E-state index contributed by atoms with van der Waals surface area (Å²) in [7, 11) is 1.67. The van der Waals surface area contributed by atoms with Crippen LogP contribution in [0.2, 0.25) is 0 Å². The van der Waals surface area contributed by atoms with E-state index in [1.807, 2.05) is 6.92 Å². The molecule has 100 valence electrons. The maximum atomic E-state index is 9.15. The zero-order chi connectivity index (χ0) is 13.1. The minimum Gasteiger partial charge on any atom is -0.382 e. The van der Waals surface area contributed by atoms with Gasteiger partial charge in [0.15, 0.2) is 0 Å². The first-order chi connectivity index (χ1) is 8.04. The van der Waals surface area contributed by atoms with Crippen molar-refractivity contribution in [2.45, 2.75) is 51.6 Å². The molecule has 0 saturated heterocycles. The van der Waals surface area contributed by atoms with Crippen LogP contribution < -0.4 is 5.32 Å². The van der Waals surface area contributed by atoms with Gasteiger partial charge in [-0.3, -0.25) is 5.32 Å². The lowest BCUT2D eigenvalue weighted by atomic mass is 9.96. The number of methoxy groups -OCH3 is 1. The van der Waals surface area contributed by atoms with Crippen LogP contribution in [0, 0.1) is 11.3 Å². The van der Waals surface area contributed by atoms with Crippen molar-refractivity contribution < 1.29 is 9.47 Å². The summed E-state index contributed by atoms with van der Waals surface area (Å²) in [5.74, 6) is 0. The number of nitrogens with zero attached hydrogens (tertiary/aromatic N) is 1. The standard InChI is InChI=1S/C13H26N2O2/c1-12(2)15-13(3,11-14)7-5-6-8-17-10-9-16-4/h12,15H,5-10H2,1-4H3. The molecular weight excluding hydrogens is 216 g/mol. The van der Waals surface area contributed by atoms with Crippen molar-refractivity contribution in [1.82, 2.24) is 5.32 Å². The molecule has 1 unspecified atom stereocenters. The average molecular weight is 242 g/mol. The lowest BCUT2D eigenvalue weighted by Crippen LogP contribution is -2.44. The van der Waals surface area contributed by atoms with Crippen LogP contribution >= 0.6 is 0 Å². The predicted octanol–water partition coefficient (Wildman–Crippen LogP) is 2.10. The number of hydrogen-bond acceptors (Lipinski definition) is 4. The lowest BCUT2D eigenvalue weighted by molar-refractivity contribution is 0.0681. The molecule has 4 nitrogen and oxygen atoms in total. The molecule has 0 aromatic rings. The number of nitrogens with one attached hydrogen (secondary N) is 1. The Morgan fingerprint density at radius 1 is 1.24 bits per heavy atom. The second-order valence-corrected chi connectivity index (χ2v) is 4.81. The van der Waals surface area contributed by atoms with Gasteiger partial charge in [0.2, 0.25) is 0 Å². The molecule has 0 amide bonds. The molecule has 0 aliphatic rings. The molecule has 0 heterocycles. The summed E-state index contributed by atoms with van der Waals surface area (Å²) in [6.45, 7) is 8.11. The topological polar surface area (TPSA) is 54.3 Å². The number of rotatable bonds is 10. The second-order valence-electron chi connectivity index (χ2n) is 4.81. The Morgan fingerprint density at radius 2 is 1.94 bits per heavy atom. The van der Waals surface area contributed by atoms with Crippen molar-refractivity contribution >= 4 is 0 Å². The van der Waals surface area contributed by atoms with Gasteiger partial charge in [0, 0.05) is 19.8 Å². The largest absolute Gasteiger partial charge is 0.382 e. The van der Waals surface area contributed by atoms with E-state index in [0.717, 1.165) is 25.9 Å². The van der Waals surface area contributed by atoms with E-state index in [1.165, 1.54) is 0 Å². The zero-order valence-corrected chi connectivity index (χ0v) is 11.6. The zero-order valence-electron chi connectivity index (χ0n) is 11.6. The van der Waals surface area contributed by atoms with E-state index in [-0.39, 0.29) is 0 Å². The fourth-order valence-electron chi connectivity index (χ4n) is 1.72. The molecule has 0 aromatic carbocycles. The first kappa shape index (κ1) is 16.4. The Morgan fingerprint density at radius 3 is 2.47 bits per heavy atom. The third-order valence-corrected chi connectivity index (χ3v) is 2.50. The van der Waals surface area contributed by atoms with Crippen molar-refractivity contribution in [1.29, 1.82) is 5.26 Å². The Labute approximate surface area is 105 Å². The molecule has 0 rings (SSSR count). The van der Waals surface area contributed by atoms with Crippen LogP contribution in [0.25, 0.3) is 0 Å². The first-order valence-electron chi connectivity index (χ1n) is 6.29. The van der Waals surface area contributed by atoms with Gasteiger partial charge in [-0.2, -0.15) is 5.26 Å². The van der Waals surface area contributed by atoms with Crippen molar-refractivity contribution in [2.75, 3.05) is 26.9 Å². The summed E-state index contributed by atoms with van der Waals surface area (Å²) in [6.07, 6.45) is 2.84. The molecule has 0 radical (unpaired) electrons. The van der Waals surface area contributed by atoms with Gasteiger partial charge >= 0.3 is 0 Å². The maximum absolute atomic E-state index is 9.15. The average Bonchev–Trinajstić information content (AvgIpc) is 2.27. The Bertz CT molecular complexity index is 226. The van der Waals surface area contributed by atoms with Crippen LogP contribution in [0.1, 0.15) is 40.0 Å². The van der Waals surface area contributed by atoms with Crippen molar-refractivity contribution in [3.05, 3.63) is 0 Å². The Kier molecular flexibility index (Phi) is 9.06. The van der Waals surface area contributed by atoms with Crippen LogP contribution in [0.4, 0.5) is 0 Å². The van der Waals surface area contributed by atoms with E-state index in [9.17, 15) is 0 Å². The second kappa shape index (κ2) is 9.41. The van der Waals surface area contributed by atoms with Crippen LogP contribution in [0.3, 0.4) is 0 Å². The van der Waals surface area contributed by atoms with Crippen LogP contribution in [-0.4, -0.2) is 38.5 Å². The van der Waals surface area contributed by atoms with Crippen LogP contribution in [0.5, 0.6) is 0 Å². The third kappa shape index (κ3) is 9.11. The maximum Gasteiger partial charge on any atom is 0.104 e. The summed E-state index contributed by atoms with van der Waals surface area (Å²) in [5.41, 5.74) is -0.416. The van der Waals surface area contributed by atoms with Crippen molar-refractivity contribution in [3.63, 3.8) is 0 Å². The first-order valence-corrected chi connectivity index (χ1v) is 6.29. The number of unbranched alkanes of at least 4 members (excludes halogenated alkanes) is 1. The monoisotopic (exact) mass is 242 g/mol. The van der Waals surface area contributed by atoms with Gasteiger partial charge in [-0.25, -0.2) is 0 Å². The molecule has 0 bridgehead atoms. The Balaban J connectivity index is 3.60. The van der Waals surface area contributed by atoms with Gasteiger partial charge in [0.05, 0.1) is 19.3 Å². The van der Waals surface area contributed by atoms with Gasteiger partial charge in [-0.05, 0) is 40.0 Å². The van der Waals surface area contributed by atoms with E-state index in [2.05, 4.69) is 25.2 Å². The highest BCUT2D eigenvalue weighted by atomic mass is 16.5. The molecule has 17 heavy (non-hydrogen) atoms. The minimum absolute atomic E-state index is 0.331. The van der Waals surface area contributed by atoms with E-state index < -0.39 is 5.54 Å². The lowest BCUT2D eigenvalue weighted by Gasteiger charge is -2.25. The molecule has 0 fully saturated rings. The molecule has 1 atom stereocenters. The summed E-state index contributed by atoms with van der Waals surface area (Å²) in [4.78, 5) is 0. The van der Waals surface area contributed by atoms with Crippen molar-refractivity contribution in [3.8, 4) is 6.07 Å². The summed E-state index contributed by atoms with van der Waals surface area (Å²) < 4.78 is 10.3. The van der Waals surface area contributed by atoms with Gasteiger partial charge in [0.1, 0.15) is 5.54 Å². The van der Waals surface area contributed by atoms with Gasteiger partial charge in [-0.1, -0.05) is 0 Å². The third-order valence-electron chi connectivity index (χ3n) is 2.50. The number of ether oxygens (including phenoxy) is 2. The van der Waals surface area contributed by atoms with Gasteiger partial charge in [-0.15, -0.1) is 0 Å². The quantitative estimate of drug-likeness (QED) is 0.596. The molecule has 0 spiro atoms. The van der Waals surface area contributed by atoms with Gasteiger partial charge < -0.3 is 9.47 Å². The van der Waals surface area contributed by atoms with E-state index in [0.29, 0.717) is 19.3 Å². The molecule has 0 aliphatic heterocycles. The van der Waals surface area contributed by atoms with Crippen LogP contribution in [-0.2, 0) is 9.47 Å². The van der Waals surface area contributed by atoms with Crippen LogP contribution in [0.15, 0.2) is 0 Å². The molecule has 1 N–H and O–H groups in total. The van der Waals surface area contributed by atoms with Crippen molar-refractivity contribution in [2.24, 2.45) is 0 Å². The smallest absolute Gasteiger partial charge is 0.104 e. The summed E-state index contributed by atoms with van der Waals surface area (Å²) in [5, 5.41) is 12.4. The van der Waals surface area contributed by atoms with E-state index in [4.69, 9.17) is 14.7 Å². The molecular formula is C13H26N2O2. The molecule has 4 heteroatoms. The molecule has 0 aromatic heterocycles. The highest BCUT2D eigenvalue weighted by Crippen LogP contribution is 2.13. The number of hydrogen-bond donors (Lipinski definition) is 1. The fourth-order valence-corrected chi connectivity index (χ4v) is 1.72.